The number of carbonyl (C=O) groups excluding carboxylic acids is 1. The smallest absolute Gasteiger partial charge is 0.342 e. The Hall–Kier alpha value is -3.54. The summed E-state index contributed by atoms with van der Waals surface area (Å²) in [6, 6.07) is 4.23. The van der Waals surface area contributed by atoms with E-state index in [0.717, 1.165) is 25.0 Å². The largest absolute Gasteiger partial charge is 0.416 e. The zero-order valence-electron chi connectivity index (χ0n) is 17.1. The molecule has 5 rings (SSSR count). The topological polar surface area (TPSA) is 114 Å². The lowest BCUT2D eigenvalue weighted by Gasteiger charge is -2.15. The summed E-state index contributed by atoms with van der Waals surface area (Å²) in [5.74, 6) is 0.0382. The Kier molecular flexibility index (Phi) is 5.04. The van der Waals surface area contributed by atoms with Gasteiger partial charge in [0, 0.05) is 17.0 Å². The number of hydrogen-bond acceptors (Lipinski definition) is 6. The van der Waals surface area contributed by atoms with E-state index < -0.39 is 23.7 Å². The first-order valence-electron chi connectivity index (χ1n) is 10.0. The average molecular weight is 477 g/mol. The van der Waals surface area contributed by atoms with Gasteiger partial charge in [-0.05, 0) is 44.0 Å². The maximum atomic E-state index is 13.6. The van der Waals surface area contributed by atoms with Crippen molar-refractivity contribution >= 4 is 28.4 Å². The Morgan fingerprint density at radius 3 is 2.73 bits per heavy atom. The Balaban J connectivity index is 1.49. The normalized spacial score (nSPS) is 15.1. The molecule has 0 spiro atoms. The number of rotatable bonds is 5. The fourth-order valence-corrected chi connectivity index (χ4v) is 3.74. The highest BCUT2D eigenvalue weighted by atomic mass is 35.5. The van der Waals surface area contributed by atoms with Crippen molar-refractivity contribution in [1.29, 1.82) is 0 Å². The maximum Gasteiger partial charge on any atom is 0.416 e. The first-order valence-corrected chi connectivity index (χ1v) is 10.4. The molecular weight excluding hydrogens is 461 g/mol. The zero-order chi connectivity index (χ0) is 23.3. The molecule has 13 heteroatoms. The van der Waals surface area contributed by atoms with Crippen LogP contribution in [0.3, 0.4) is 0 Å². The lowest BCUT2D eigenvalue weighted by Crippen LogP contribution is -2.29. The van der Waals surface area contributed by atoms with Gasteiger partial charge in [0.1, 0.15) is 11.8 Å². The summed E-state index contributed by atoms with van der Waals surface area (Å²) in [6.07, 6.45) is -1.60. The Bertz CT molecular complexity index is 1340. The van der Waals surface area contributed by atoms with Crippen molar-refractivity contribution in [2.24, 2.45) is 0 Å². The number of aromatic amines is 1. The van der Waals surface area contributed by atoms with Crippen LogP contribution in [0.5, 0.6) is 0 Å². The van der Waals surface area contributed by atoms with Crippen molar-refractivity contribution < 1.29 is 18.0 Å². The molecule has 4 aromatic rings. The van der Waals surface area contributed by atoms with Gasteiger partial charge >= 0.3 is 6.18 Å². The molecule has 1 saturated carbocycles. The molecule has 0 unspecified atom stereocenters. The van der Waals surface area contributed by atoms with Gasteiger partial charge in [-0.25, -0.2) is 4.98 Å². The number of alkyl halides is 3. The summed E-state index contributed by atoms with van der Waals surface area (Å²) in [6.45, 7) is 1.63. The van der Waals surface area contributed by atoms with Crippen molar-refractivity contribution in [3.05, 3.63) is 58.4 Å². The van der Waals surface area contributed by atoms with Crippen LogP contribution in [0.2, 0.25) is 5.15 Å². The molecule has 170 valence electrons. The number of benzene rings is 1. The van der Waals surface area contributed by atoms with E-state index in [0.29, 0.717) is 22.7 Å². The van der Waals surface area contributed by atoms with E-state index in [1.807, 2.05) is 0 Å². The van der Waals surface area contributed by atoms with E-state index in [4.69, 9.17) is 11.6 Å². The van der Waals surface area contributed by atoms with Gasteiger partial charge in [-0.1, -0.05) is 11.6 Å². The third-order valence-electron chi connectivity index (χ3n) is 5.39. The third-order valence-corrected chi connectivity index (χ3v) is 5.59. The van der Waals surface area contributed by atoms with E-state index in [9.17, 15) is 18.0 Å². The maximum absolute atomic E-state index is 13.6. The Morgan fingerprint density at radius 1 is 1.27 bits per heavy atom. The van der Waals surface area contributed by atoms with Crippen LogP contribution in [0.25, 0.3) is 16.7 Å². The van der Waals surface area contributed by atoms with Gasteiger partial charge < -0.3 is 5.32 Å². The quantitative estimate of drug-likeness (QED) is 0.450. The molecule has 9 nitrogen and oxygen atoms in total. The molecule has 1 aliphatic carbocycles. The Labute approximate surface area is 189 Å². The standard InChI is InChI=1S/C20H16ClF3N8O/c1-9(18-25-8-26-32(18)15-5-4-14(21)28-29-15)27-19(33)13-7-11(20(22,23)24)6-12-16(10-2-3-10)30-31-17(12)13/h4-10H,2-3H2,1H3,(H,27,33)(H,30,31)/t9-/m0/s1. The molecule has 0 saturated heterocycles. The van der Waals surface area contributed by atoms with E-state index in [2.05, 4.69) is 35.8 Å². The zero-order valence-corrected chi connectivity index (χ0v) is 17.8. The molecule has 3 heterocycles. The summed E-state index contributed by atoms with van der Waals surface area (Å²) in [5, 5.41) is 21.9. The van der Waals surface area contributed by atoms with Crippen LogP contribution in [0.4, 0.5) is 13.2 Å². The summed E-state index contributed by atoms with van der Waals surface area (Å²) in [7, 11) is 0. The fourth-order valence-electron chi connectivity index (χ4n) is 3.64. The van der Waals surface area contributed by atoms with Gasteiger partial charge in [-0.2, -0.15) is 28.1 Å². The molecule has 2 N–H and O–H groups in total. The van der Waals surface area contributed by atoms with Crippen LogP contribution in [0.1, 0.15) is 59.2 Å². The summed E-state index contributed by atoms with van der Waals surface area (Å²) >= 11 is 5.77. The molecule has 0 bridgehead atoms. The first-order chi connectivity index (χ1) is 15.7. The molecule has 0 aliphatic heterocycles. The molecule has 33 heavy (non-hydrogen) atoms. The van der Waals surface area contributed by atoms with Crippen molar-refractivity contribution in [2.45, 2.75) is 37.9 Å². The average Bonchev–Trinajstić information content (AvgIpc) is 3.32. The second-order valence-corrected chi connectivity index (χ2v) is 8.16. The molecule has 3 aromatic heterocycles. The number of H-pyrrole nitrogens is 1. The van der Waals surface area contributed by atoms with Crippen molar-refractivity contribution in [3.8, 4) is 5.82 Å². The van der Waals surface area contributed by atoms with Gasteiger partial charge in [-0.15, -0.1) is 10.2 Å². The van der Waals surface area contributed by atoms with Crippen molar-refractivity contribution in [1.82, 2.24) is 40.5 Å². The predicted molar refractivity (Wildman–Crippen MR) is 111 cm³/mol. The second-order valence-electron chi connectivity index (χ2n) is 7.77. The van der Waals surface area contributed by atoms with Gasteiger partial charge in [0.15, 0.2) is 16.8 Å². The number of amides is 1. The van der Waals surface area contributed by atoms with E-state index in [-0.39, 0.29) is 22.2 Å². The highest BCUT2D eigenvalue weighted by molar-refractivity contribution is 6.29. The molecule has 1 fully saturated rings. The van der Waals surface area contributed by atoms with Crippen LogP contribution >= 0.6 is 11.6 Å². The molecule has 1 amide bonds. The minimum absolute atomic E-state index is 0.132. The summed E-state index contributed by atoms with van der Waals surface area (Å²) in [5.41, 5.74) is -0.262. The minimum Gasteiger partial charge on any atom is -0.342 e. The highest BCUT2D eigenvalue weighted by Crippen LogP contribution is 2.43. The SMILES string of the molecule is C[C@H](NC(=O)c1cc(C(F)(F)F)cc2c(C3CC3)[nH]nc12)c1ncnn1-c1ccc(Cl)nn1. The predicted octanol–water partition coefficient (Wildman–Crippen LogP) is 3.97. The Morgan fingerprint density at radius 2 is 2.06 bits per heavy atom. The van der Waals surface area contributed by atoms with Crippen LogP contribution in [0, 0.1) is 0 Å². The van der Waals surface area contributed by atoms with E-state index >= 15 is 0 Å². The fraction of sp³-hybridized carbons (Fsp3) is 0.300. The van der Waals surface area contributed by atoms with Gasteiger partial charge in [0.25, 0.3) is 5.91 Å². The van der Waals surface area contributed by atoms with Crippen molar-refractivity contribution in [3.63, 3.8) is 0 Å². The van der Waals surface area contributed by atoms with Gasteiger partial charge in [-0.3, -0.25) is 9.89 Å². The number of halogens is 4. The summed E-state index contributed by atoms with van der Waals surface area (Å²) < 4.78 is 42.0. The third kappa shape index (κ3) is 4.01. The number of hydrogen-bond donors (Lipinski definition) is 2. The minimum atomic E-state index is -4.61. The monoisotopic (exact) mass is 476 g/mol. The first kappa shape index (κ1) is 21.3. The van der Waals surface area contributed by atoms with Crippen LogP contribution < -0.4 is 5.32 Å². The van der Waals surface area contributed by atoms with Gasteiger partial charge in [0.2, 0.25) is 0 Å². The van der Waals surface area contributed by atoms with Gasteiger partial charge in [0.05, 0.1) is 17.2 Å². The van der Waals surface area contributed by atoms with Crippen LogP contribution in [0.15, 0.2) is 30.6 Å². The lowest BCUT2D eigenvalue weighted by atomic mass is 10.0. The number of aromatic nitrogens is 7. The number of nitrogens with one attached hydrogen (secondary N) is 2. The highest BCUT2D eigenvalue weighted by Gasteiger charge is 2.35. The molecule has 0 radical (unpaired) electrons. The molecule has 1 atom stereocenters. The lowest BCUT2D eigenvalue weighted by molar-refractivity contribution is -0.137. The number of fused-ring (bicyclic) bond motifs is 1. The molecule has 1 aromatic carbocycles. The number of nitrogens with zero attached hydrogens (tertiary/aromatic N) is 6. The molecular formula is C20H16ClF3N8O. The van der Waals surface area contributed by atoms with E-state index in [1.54, 1.807) is 13.0 Å². The second kappa shape index (κ2) is 7.80. The van der Waals surface area contributed by atoms with Crippen LogP contribution in [-0.2, 0) is 6.18 Å². The van der Waals surface area contributed by atoms with E-state index in [1.165, 1.54) is 17.1 Å². The van der Waals surface area contributed by atoms with Crippen molar-refractivity contribution in [2.75, 3.05) is 0 Å². The molecule has 1 aliphatic rings. The summed E-state index contributed by atoms with van der Waals surface area (Å²) in [4.78, 5) is 17.2. The number of carbonyl (C=O) groups is 1. The van der Waals surface area contributed by atoms with Crippen LogP contribution in [-0.4, -0.2) is 41.1 Å².